The maximum atomic E-state index is 8.88. The van der Waals surface area contributed by atoms with Crippen LogP contribution in [0, 0.1) is 0 Å². The van der Waals surface area contributed by atoms with Gasteiger partial charge in [0.15, 0.2) is 0 Å². The van der Waals surface area contributed by atoms with Crippen molar-refractivity contribution in [1.29, 1.82) is 0 Å². The molecule has 0 amide bonds. The predicted molar refractivity (Wildman–Crippen MR) is 60.7 cm³/mol. The second-order valence-corrected chi connectivity index (χ2v) is 3.90. The van der Waals surface area contributed by atoms with E-state index in [1.165, 1.54) is 0 Å². The average Bonchev–Trinajstić information content (AvgIpc) is 2.25. The average molecular weight is 276 g/mol. The molecule has 0 fully saturated rings. The summed E-state index contributed by atoms with van der Waals surface area (Å²) in [4.78, 5) is 10.1. The normalized spacial score (nSPS) is 10.3. The lowest BCUT2D eigenvalue weighted by Crippen LogP contribution is -2.29. The van der Waals surface area contributed by atoms with Crippen molar-refractivity contribution in [3.05, 3.63) is 16.9 Å². The van der Waals surface area contributed by atoms with Crippen LogP contribution in [-0.4, -0.2) is 46.5 Å². The fourth-order valence-electron chi connectivity index (χ4n) is 1.16. The number of nitrogens with zero attached hydrogens (tertiary/aromatic N) is 3. The number of anilines is 1. The van der Waals surface area contributed by atoms with Crippen LogP contribution >= 0.6 is 15.9 Å². The van der Waals surface area contributed by atoms with Crippen LogP contribution in [0.5, 0.6) is 0 Å². The second-order valence-electron chi connectivity index (χ2n) is 2.99. The van der Waals surface area contributed by atoms with Crippen molar-refractivity contribution in [3.8, 4) is 0 Å². The highest BCUT2D eigenvalue weighted by atomic mass is 79.9. The molecule has 0 aliphatic rings. The largest absolute Gasteiger partial charge is 0.396 e. The molecule has 1 heterocycles. The SMILES string of the molecule is OCCCN(CCO)c1ncc(Br)cn1. The van der Waals surface area contributed by atoms with E-state index >= 15 is 0 Å². The number of hydrogen-bond acceptors (Lipinski definition) is 5. The number of rotatable bonds is 6. The Morgan fingerprint density at radius 1 is 1.13 bits per heavy atom. The summed E-state index contributed by atoms with van der Waals surface area (Å²) in [6, 6.07) is 0. The summed E-state index contributed by atoms with van der Waals surface area (Å²) in [6.45, 7) is 1.28. The van der Waals surface area contributed by atoms with Crippen molar-refractivity contribution < 1.29 is 10.2 Å². The van der Waals surface area contributed by atoms with Gasteiger partial charge in [-0.2, -0.15) is 0 Å². The molecule has 0 spiro atoms. The van der Waals surface area contributed by atoms with Crippen molar-refractivity contribution in [2.24, 2.45) is 0 Å². The molecule has 5 nitrogen and oxygen atoms in total. The molecule has 0 saturated heterocycles. The summed E-state index contributed by atoms with van der Waals surface area (Å²) >= 11 is 3.25. The minimum Gasteiger partial charge on any atom is -0.396 e. The molecule has 2 N–H and O–H groups in total. The summed E-state index contributed by atoms with van der Waals surface area (Å²) in [5, 5.41) is 17.6. The smallest absolute Gasteiger partial charge is 0.225 e. The van der Waals surface area contributed by atoms with Gasteiger partial charge in [0.05, 0.1) is 11.1 Å². The molecule has 0 bridgehead atoms. The van der Waals surface area contributed by atoms with Crippen molar-refractivity contribution in [1.82, 2.24) is 9.97 Å². The van der Waals surface area contributed by atoms with Crippen LogP contribution in [0.25, 0.3) is 0 Å². The molecule has 0 aliphatic carbocycles. The molecule has 0 saturated carbocycles. The third-order valence-corrected chi connectivity index (χ3v) is 2.26. The number of aromatic nitrogens is 2. The third-order valence-electron chi connectivity index (χ3n) is 1.85. The van der Waals surface area contributed by atoms with Gasteiger partial charge in [0, 0.05) is 32.1 Å². The predicted octanol–water partition coefficient (Wildman–Crippen LogP) is 0.420. The van der Waals surface area contributed by atoms with E-state index in [9.17, 15) is 0 Å². The first-order chi connectivity index (χ1) is 7.27. The zero-order valence-electron chi connectivity index (χ0n) is 8.30. The molecule has 6 heteroatoms. The van der Waals surface area contributed by atoms with E-state index in [1.54, 1.807) is 12.4 Å². The van der Waals surface area contributed by atoms with Gasteiger partial charge in [0.1, 0.15) is 0 Å². The molecule has 0 aliphatic heterocycles. The third kappa shape index (κ3) is 4.11. The van der Waals surface area contributed by atoms with Crippen molar-refractivity contribution in [2.75, 3.05) is 31.2 Å². The van der Waals surface area contributed by atoms with E-state index in [0.29, 0.717) is 25.5 Å². The maximum Gasteiger partial charge on any atom is 0.225 e. The lowest BCUT2D eigenvalue weighted by atomic mass is 10.4. The second kappa shape index (κ2) is 6.71. The van der Waals surface area contributed by atoms with Crippen LogP contribution in [0.3, 0.4) is 0 Å². The summed E-state index contributed by atoms with van der Waals surface area (Å²) in [6.07, 6.45) is 3.96. The van der Waals surface area contributed by atoms with Crippen LogP contribution in [0.1, 0.15) is 6.42 Å². The number of aliphatic hydroxyl groups excluding tert-OH is 2. The quantitative estimate of drug-likeness (QED) is 0.788. The molecular formula is C9H14BrN3O2. The maximum absolute atomic E-state index is 8.88. The molecule has 15 heavy (non-hydrogen) atoms. The van der Waals surface area contributed by atoms with Gasteiger partial charge in [-0.25, -0.2) is 9.97 Å². The van der Waals surface area contributed by atoms with Gasteiger partial charge in [-0.15, -0.1) is 0 Å². The molecule has 1 aromatic heterocycles. The van der Waals surface area contributed by atoms with Gasteiger partial charge < -0.3 is 15.1 Å². The first-order valence-electron chi connectivity index (χ1n) is 4.72. The highest BCUT2D eigenvalue weighted by Crippen LogP contribution is 2.10. The Morgan fingerprint density at radius 2 is 1.80 bits per heavy atom. The molecule has 0 unspecified atom stereocenters. The first-order valence-corrected chi connectivity index (χ1v) is 5.51. The fraction of sp³-hybridized carbons (Fsp3) is 0.556. The Balaban J connectivity index is 2.65. The van der Waals surface area contributed by atoms with E-state index in [2.05, 4.69) is 25.9 Å². The van der Waals surface area contributed by atoms with Gasteiger partial charge in [0.2, 0.25) is 5.95 Å². The molecule has 1 aromatic rings. The topological polar surface area (TPSA) is 69.5 Å². The zero-order chi connectivity index (χ0) is 11.1. The van der Waals surface area contributed by atoms with Gasteiger partial charge >= 0.3 is 0 Å². The lowest BCUT2D eigenvalue weighted by molar-refractivity contribution is 0.280. The first kappa shape index (κ1) is 12.4. The summed E-state index contributed by atoms with van der Waals surface area (Å²) < 4.78 is 0.817. The monoisotopic (exact) mass is 275 g/mol. The minimum atomic E-state index is 0.0465. The molecule has 84 valence electrons. The highest BCUT2D eigenvalue weighted by Gasteiger charge is 2.07. The Morgan fingerprint density at radius 3 is 2.33 bits per heavy atom. The van der Waals surface area contributed by atoms with E-state index in [0.717, 1.165) is 4.47 Å². The Bertz CT molecular complexity index is 281. The van der Waals surface area contributed by atoms with Crippen molar-refractivity contribution >= 4 is 21.9 Å². The summed E-state index contributed by atoms with van der Waals surface area (Å²) in [5.41, 5.74) is 0. The molecule has 0 radical (unpaired) electrons. The number of aliphatic hydroxyl groups is 2. The molecule has 0 atom stereocenters. The molecular weight excluding hydrogens is 262 g/mol. The lowest BCUT2D eigenvalue weighted by Gasteiger charge is -2.20. The fourth-order valence-corrected chi connectivity index (χ4v) is 1.37. The Kier molecular flexibility index (Phi) is 5.52. The Labute approximate surface area is 96.9 Å². The molecule has 0 aromatic carbocycles. The standard InChI is InChI=1S/C9H14BrN3O2/c10-8-6-11-9(12-7-8)13(3-5-15)2-1-4-14/h6-7,14-15H,1-5H2. The van der Waals surface area contributed by atoms with Crippen molar-refractivity contribution in [2.45, 2.75) is 6.42 Å². The van der Waals surface area contributed by atoms with Crippen LogP contribution in [0.4, 0.5) is 5.95 Å². The van der Waals surface area contributed by atoms with Crippen LogP contribution in [-0.2, 0) is 0 Å². The van der Waals surface area contributed by atoms with Crippen molar-refractivity contribution in [3.63, 3.8) is 0 Å². The Hall–Kier alpha value is -0.720. The minimum absolute atomic E-state index is 0.0465. The summed E-state index contributed by atoms with van der Waals surface area (Å²) in [7, 11) is 0. The van der Waals surface area contributed by atoms with Gasteiger partial charge in [-0.05, 0) is 22.4 Å². The number of halogens is 1. The highest BCUT2D eigenvalue weighted by molar-refractivity contribution is 9.10. The van der Waals surface area contributed by atoms with Crippen LogP contribution in [0.15, 0.2) is 16.9 Å². The molecule has 1 rings (SSSR count). The van der Waals surface area contributed by atoms with Crippen LogP contribution < -0.4 is 4.90 Å². The van der Waals surface area contributed by atoms with Gasteiger partial charge in [-0.3, -0.25) is 0 Å². The summed E-state index contributed by atoms with van der Waals surface area (Å²) in [5.74, 6) is 0.570. The van der Waals surface area contributed by atoms with E-state index in [-0.39, 0.29) is 13.2 Å². The number of hydrogen-bond donors (Lipinski definition) is 2. The van der Waals surface area contributed by atoms with Gasteiger partial charge in [-0.1, -0.05) is 0 Å². The zero-order valence-corrected chi connectivity index (χ0v) is 9.89. The van der Waals surface area contributed by atoms with E-state index < -0.39 is 0 Å². The van der Waals surface area contributed by atoms with E-state index in [4.69, 9.17) is 10.2 Å². The van der Waals surface area contributed by atoms with Gasteiger partial charge in [0.25, 0.3) is 0 Å². The van der Waals surface area contributed by atoms with E-state index in [1.807, 2.05) is 4.90 Å². The van der Waals surface area contributed by atoms with Crippen LogP contribution in [0.2, 0.25) is 0 Å².